The topological polar surface area (TPSA) is 54.1 Å². The molecule has 0 aliphatic carbocycles. The highest BCUT2D eigenvalue weighted by Crippen LogP contribution is 2.31. The van der Waals surface area contributed by atoms with Gasteiger partial charge < -0.3 is 15.0 Å². The number of rotatable bonds is 4. The lowest BCUT2D eigenvalue weighted by atomic mass is 10.0. The molecular formula is C14H17IN2O2. The molecule has 2 N–H and O–H groups in total. The van der Waals surface area contributed by atoms with Gasteiger partial charge in [-0.3, -0.25) is 4.79 Å². The molecule has 1 aromatic carbocycles. The van der Waals surface area contributed by atoms with E-state index in [2.05, 4.69) is 45.9 Å². The SMILES string of the molecule is COc1cc2c(C(C)CNC(C)=O)c[nH]c2cc1I. The molecule has 1 aromatic heterocycles. The molecule has 5 heteroatoms. The van der Waals surface area contributed by atoms with Crippen molar-refractivity contribution in [3.8, 4) is 5.75 Å². The van der Waals surface area contributed by atoms with Gasteiger partial charge in [0.05, 0.1) is 10.7 Å². The van der Waals surface area contributed by atoms with E-state index < -0.39 is 0 Å². The summed E-state index contributed by atoms with van der Waals surface area (Å²) in [4.78, 5) is 14.3. The summed E-state index contributed by atoms with van der Waals surface area (Å²) in [6.45, 7) is 4.27. The van der Waals surface area contributed by atoms with E-state index in [4.69, 9.17) is 4.74 Å². The van der Waals surface area contributed by atoms with Gasteiger partial charge in [0.1, 0.15) is 5.75 Å². The van der Waals surface area contributed by atoms with Crippen molar-refractivity contribution in [1.82, 2.24) is 10.3 Å². The zero-order valence-corrected chi connectivity index (χ0v) is 13.4. The van der Waals surface area contributed by atoms with E-state index in [9.17, 15) is 4.79 Å². The maximum absolute atomic E-state index is 11.0. The smallest absolute Gasteiger partial charge is 0.216 e. The number of halogens is 1. The first-order valence-corrected chi connectivity index (χ1v) is 7.19. The summed E-state index contributed by atoms with van der Waals surface area (Å²) in [6, 6.07) is 4.12. The average molecular weight is 372 g/mol. The summed E-state index contributed by atoms with van der Waals surface area (Å²) >= 11 is 2.26. The van der Waals surface area contributed by atoms with Crippen LogP contribution in [0.4, 0.5) is 0 Å². The van der Waals surface area contributed by atoms with Crippen molar-refractivity contribution < 1.29 is 9.53 Å². The number of nitrogens with one attached hydrogen (secondary N) is 2. The van der Waals surface area contributed by atoms with Crippen molar-refractivity contribution in [3.63, 3.8) is 0 Å². The van der Waals surface area contributed by atoms with Crippen LogP contribution >= 0.6 is 22.6 Å². The predicted octanol–water partition coefficient (Wildman–Crippen LogP) is 3.02. The van der Waals surface area contributed by atoms with Crippen LogP contribution in [0.5, 0.6) is 5.75 Å². The molecule has 102 valence electrons. The predicted molar refractivity (Wildman–Crippen MR) is 84.7 cm³/mol. The number of carbonyl (C=O) groups excluding carboxylic acids is 1. The molecule has 0 saturated heterocycles. The van der Waals surface area contributed by atoms with E-state index >= 15 is 0 Å². The largest absolute Gasteiger partial charge is 0.496 e. The van der Waals surface area contributed by atoms with Gasteiger partial charge in [-0.2, -0.15) is 0 Å². The summed E-state index contributed by atoms with van der Waals surface area (Å²) in [5.41, 5.74) is 2.29. The lowest BCUT2D eigenvalue weighted by Gasteiger charge is -2.11. The molecule has 1 amide bonds. The van der Waals surface area contributed by atoms with Crippen molar-refractivity contribution in [3.05, 3.63) is 27.5 Å². The second-order valence-corrected chi connectivity index (χ2v) is 5.78. The Labute approximate surface area is 126 Å². The molecule has 0 bridgehead atoms. The Hall–Kier alpha value is -1.24. The van der Waals surface area contributed by atoms with Crippen LogP contribution in [0.3, 0.4) is 0 Å². The van der Waals surface area contributed by atoms with Gasteiger partial charge in [-0.15, -0.1) is 0 Å². The summed E-state index contributed by atoms with van der Waals surface area (Å²) in [6.07, 6.45) is 2.01. The van der Waals surface area contributed by atoms with Gasteiger partial charge in [0.25, 0.3) is 0 Å². The molecule has 2 aromatic rings. The van der Waals surface area contributed by atoms with Gasteiger partial charge in [0.2, 0.25) is 5.91 Å². The number of aromatic amines is 1. The van der Waals surface area contributed by atoms with Crippen molar-refractivity contribution in [2.75, 3.05) is 13.7 Å². The number of methoxy groups -OCH3 is 1. The second-order valence-electron chi connectivity index (χ2n) is 4.61. The summed E-state index contributed by atoms with van der Waals surface area (Å²) < 4.78 is 6.44. The molecule has 1 heterocycles. The van der Waals surface area contributed by atoms with Crippen LogP contribution in [0, 0.1) is 3.57 Å². The molecule has 0 radical (unpaired) electrons. The molecule has 4 nitrogen and oxygen atoms in total. The number of carbonyl (C=O) groups is 1. The Bertz CT molecular complexity index is 607. The standard InChI is InChI=1S/C14H17IN2O2/c1-8(6-16-9(2)18)11-7-17-13-5-12(15)14(19-3)4-10(11)13/h4-5,7-8,17H,6H2,1-3H3,(H,16,18). The normalized spacial score (nSPS) is 12.4. The molecule has 0 aliphatic rings. The highest BCUT2D eigenvalue weighted by molar-refractivity contribution is 14.1. The van der Waals surface area contributed by atoms with E-state index in [-0.39, 0.29) is 11.8 Å². The summed E-state index contributed by atoms with van der Waals surface area (Å²) in [7, 11) is 1.68. The van der Waals surface area contributed by atoms with E-state index in [1.165, 1.54) is 12.5 Å². The molecule has 0 saturated carbocycles. The van der Waals surface area contributed by atoms with Gasteiger partial charge in [0, 0.05) is 36.5 Å². The molecular weight excluding hydrogens is 355 g/mol. The lowest BCUT2D eigenvalue weighted by Crippen LogP contribution is -2.24. The van der Waals surface area contributed by atoms with E-state index in [0.717, 1.165) is 20.2 Å². The maximum atomic E-state index is 11.0. The molecule has 2 rings (SSSR count). The second kappa shape index (κ2) is 5.81. The van der Waals surface area contributed by atoms with Crippen molar-refractivity contribution in [1.29, 1.82) is 0 Å². The minimum absolute atomic E-state index is 0.00109. The van der Waals surface area contributed by atoms with E-state index in [1.807, 2.05) is 12.3 Å². The van der Waals surface area contributed by atoms with E-state index in [1.54, 1.807) is 7.11 Å². The third-order valence-electron chi connectivity index (χ3n) is 3.17. The number of H-pyrrole nitrogens is 1. The Morgan fingerprint density at radius 2 is 2.26 bits per heavy atom. The first-order valence-electron chi connectivity index (χ1n) is 6.12. The average Bonchev–Trinajstić information content (AvgIpc) is 2.77. The van der Waals surface area contributed by atoms with Gasteiger partial charge in [0.15, 0.2) is 0 Å². The molecule has 1 atom stereocenters. The number of amides is 1. The molecule has 0 aliphatic heterocycles. The Morgan fingerprint density at radius 3 is 2.89 bits per heavy atom. The fourth-order valence-electron chi connectivity index (χ4n) is 2.12. The van der Waals surface area contributed by atoms with Crippen LogP contribution in [0.25, 0.3) is 10.9 Å². The molecule has 19 heavy (non-hydrogen) atoms. The monoisotopic (exact) mass is 372 g/mol. The number of hydrogen-bond acceptors (Lipinski definition) is 2. The zero-order valence-electron chi connectivity index (χ0n) is 11.2. The molecule has 1 unspecified atom stereocenters. The summed E-state index contributed by atoms with van der Waals surface area (Å²) in [5, 5.41) is 4.00. The minimum atomic E-state index is -0.00109. The lowest BCUT2D eigenvalue weighted by molar-refractivity contribution is -0.119. The van der Waals surface area contributed by atoms with Crippen LogP contribution in [0.15, 0.2) is 18.3 Å². The van der Waals surface area contributed by atoms with Crippen molar-refractivity contribution in [2.24, 2.45) is 0 Å². The minimum Gasteiger partial charge on any atom is -0.496 e. The molecule has 0 spiro atoms. The fourth-order valence-corrected chi connectivity index (χ4v) is 2.80. The van der Waals surface area contributed by atoms with Crippen molar-refractivity contribution in [2.45, 2.75) is 19.8 Å². The van der Waals surface area contributed by atoms with Crippen LogP contribution in [0.2, 0.25) is 0 Å². The quantitative estimate of drug-likeness (QED) is 0.811. The summed E-state index contributed by atoms with van der Waals surface area (Å²) in [5.74, 6) is 1.13. The van der Waals surface area contributed by atoms with Gasteiger partial charge >= 0.3 is 0 Å². The number of benzene rings is 1. The number of hydrogen-bond donors (Lipinski definition) is 2. The van der Waals surface area contributed by atoms with Crippen molar-refractivity contribution >= 4 is 39.4 Å². The number of fused-ring (bicyclic) bond motifs is 1. The third kappa shape index (κ3) is 3.02. The number of ether oxygens (including phenoxy) is 1. The fraction of sp³-hybridized carbons (Fsp3) is 0.357. The van der Waals surface area contributed by atoms with E-state index in [0.29, 0.717) is 6.54 Å². The van der Waals surface area contributed by atoms with Crippen LogP contribution in [-0.4, -0.2) is 24.5 Å². The maximum Gasteiger partial charge on any atom is 0.216 e. The van der Waals surface area contributed by atoms with Crippen LogP contribution in [-0.2, 0) is 4.79 Å². The zero-order chi connectivity index (χ0) is 14.0. The van der Waals surface area contributed by atoms with Gasteiger partial charge in [-0.05, 0) is 40.3 Å². The Kier molecular flexibility index (Phi) is 4.34. The first kappa shape index (κ1) is 14.2. The Balaban J connectivity index is 2.35. The number of aromatic nitrogens is 1. The first-order chi connectivity index (χ1) is 9.02. The van der Waals surface area contributed by atoms with Gasteiger partial charge in [-0.25, -0.2) is 0 Å². The van der Waals surface area contributed by atoms with Crippen LogP contribution < -0.4 is 10.1 Å². The molecule has 0 fully saturated rings. The Morgan fingerprint density at radius 1 is 1.53 bits per heavy atom. The third-order valence-corrected chi connectivity index (χ3v) is 4.02. The van der Waals surface area contributed by atoms with Crippen LogP contribution in [0.1, 0.15) is 25.3 Å². The van der Waals surface area contributed by atoms with Gasteiger partial charge in [-0.1, -0.05) is 6.92 Å². The highest BCUT2D eigenvalue weighted by atomic mass is 127. The highest BCUT2D eigenvalue weighted by Gasteiger charge is 2.14.